The van der Waals surface area contributed by atoms with Crippen molar-refractivity contribution in [1.82, 2.24) is 0 Å². The van der Waals surface area contributed by atoms with Crippen molar-refractivity contribution in [2.45, 2.75) is 19.4 Å². The lowest BCUT2D eigenvalue weighted by molar-refractivity contribution is 0.0656. The zero-order chi connectivity index (χ0) is 10.4. The van der Waals surface area contributed by atoms with E-state index in [9.17, 15) is 5.11 Å². The third-order valence-corrected chi connectivity index (χ3v) is 4.41. The molecule has 0 heterocycles. The van der Waals surface area contributed by atoms with Gasteiger partial charge in [-0.3, -0.25) is 0 Å². The average molecular weight is 262 g/mol. The molecule has 0 aromatic rings. The van der Waals surface area contributed by atoms with Gasteiger partial charge in [-0.1, -0.05) is 53.3 Å². The van der Waals surface area contributed by atoms with Crippen LogP contribution in [0, 0.1) is 5.92 Å². The summed E-state index contributed by atoms with van der Waals surface area (Å²) in [7, 11) is 0. The van der Waals surface area contributed by atoms with E-state index >= 15 is 0 Å². The lowest BCUT2D eigenvalue weighted by Crippen LogP contribution is -2.36. The predicted molar refractivity (Wildman–Crippen MR) is 57.3 cm³/mol. The minimum Gasteiger partial charge on any atom is -0.384 e. The molecule has 0 saturated heterocycles. The van der Waals surface area contributed by atoms with E-state index in [1.165, 1.54) is 0 Å². The van der Waals surface area contributed by atoms with Crippen molar-refractivity contribution in [2.75, 3.05) is 0 Å². The zero-order valence-corrected chi connectivity index (χ0v) is 10.1. The summed E-state index contributed by atoms with van der Waals surface area (Å²) in [6.07, 6.45) is 0. The predicted octanol–water partition coefficient (Wildman–Crippen LogP) is 3.77. The molecule has 0 amide bonds. The van der Waals surface area contributed by atoms with Crippen LogP contribution in [0.2, 0.25) is 0 Å². The van der Waals surface area contributed by atoms with E-state index < -0.39 is 5.60 Å². The van der Waals surface area contributed by atoms with Gasteiger partial charge < -0.3 is 5.11 Å². The summed E-state index contributed by atoms with van der Waals surface area (Å²) >= 11 is 23.3. The summed E-state index contributed by atoms with van der Waals surface area (Å²) in [6.45, 7) is 3.28. The van der Waals surface area contributed by atoms with Gasteiger partial charge in [0.05, 0.1) is 15.1 Å². The minimum atomic E-state index is -1.24. The number of rotatable bonds is 0. The molecule has 1 rings (SSSR count). The molecule has 0 aliphatic heterocycles. The van der Waals surface area contributed by atoms with E-state index in [0.29, 0.717) is 5.03 Å². The molecule has 1 N–H and O–H groups in total. The van der Waals surface area contributed by atoms with Crippen LogP contribution in [0.3, 0.4) is 0 Å². The first kappa shape index (κ1) is 11.7. The highest BCUT2D eigenvalue weighted by Gasteiger charge is 2.40. The summed E-state index contributed by atoms with van der Waals surface area (Å²) in [5.74, 6) is -0.350. The van der Waals surface area contributed by atoms with Gasteiger partial charge in [0, 0.05) is 11.0 Å². The maximum Gasteiger partial charge on any atom is 0.106 e. The molecular weight excluding hydrogens is 254 g/mol. The number of hydrogen-bond donors (Lipinski definition) is 1. The molecule has 1 nitrogen and oxygen atoms in total. The average Bonchev–Trinajstić information content (AvgIpc) is 2.09. The monoisotopic (exact) mass is 260 g/mol. The topological polar surface area (TPSA) is 20.2 Å². The van der Waals surface area contributed by atoms with Gasteiger partial charge in [-0.05, 0) is 6.92 Å². The molecule has 5 heteroatoms. The quantitative estimate of drug-likeness (QED) is 0.704. The summed E-state index contributed by atoms with van der Waals surface area (Å²) in [5.41, 5.74) is -1.24. The van der Waals surface area contributed by atoms with Crippen LogP contribution in [0.25, 0.3) is 0 Å². The van der Waals surface area contributed by atoms with Gasteiger partial charge in [-0.15, -0.1) is 0 Å². The van der Waals surface area contributed by atoms with Crippen molar-refractivity contribution in [3.63, 3.8) is 0 Å². The van der Waals surface area contributed by atoms with Gasteiger partial charge in [0.2, 0.25) is 0 Å². The van der Waals surface area contributed by atoms with Crippen LogP contribution < -0.4 is 0 Å². The lowest BCUT2D eigenvalue weighted by atomic mass is 9.86. The largest absolute Gasteiger partial charge is 0.384 e. The van der Waals surface area contributed by atoms with Crippen molar-refractivity contribution < 1.29 is 5.11 Å². The molecule has 0 spiro atoms. The first-order valence-electron chi connectivity index (χ1n) is 3.63. The highest BCUT2D eigenvalue weighted by molar-refractivity contribution is 6.51. The normalized spacial score (nSPS) is 35.8. The molecule has 0 aromatic carbocycles. The Morgan fingerprint density at radius 1 is 1.15 bits per heavy atom. The summed E-state index contributed by atoms with van der Waals surface area (Å²) in [4.78, 5) is 0. The van der Waals surface area contributed by atoms with Gasteiger partial charge in [-0.25, -0.2) is 0 Å². The number of aliphatic hydroxyl groups is 1. The summed E-state index contributed by atoms with van der Waals surface area (Å²) in [6, 6.07) is 0. The molecule has 1 aliphatic rings. The fourth-order valence-electron chi connectivity index (χ4n) is 1.05. The van der Waals surface area contributed by atoms with E-state index in [2.05, 4.69) is 0 Å². The molecule has 2 atom stereocenters. The van der Waals surface area contributed by atoms with Crippen LogP contribution in [0.1, 0.15) is 13.8 Å². The molecule has 2 unspecified atom stereocenters. The van der Waals surface area contributed by atoms with E-state index in [1.54, 1.807) is 13.8 Å². The molecule has 0 radical (unpaired) electrons. The first-order chi connectivity index (χ1) is 5.80. The van der Waals surface area contributed by atoms with Crippen molar-refractivity contribution in [3.8, 4) is 0 Å². The molecule has 1 aliphatic carbocycles. The molecule has 0 bridgehead atoms. The van der Waals surface area contributed by atoms with Crippen molar-refractivity contribution in [1.29, 1.82) is 0 Å². The summed E-state index contributed by atoms with van der Waals surface area (Å²) in [5, 5.41) is 10.7. The van der Waals surface area contributed by atoms with Crippen LogP contribution in [-0.2, 0) is 0 Å². The highest BCUT2D eigenvalue weighted by Crippen LogP contribution is 2.47. The Bertz CT molecular complexity index is 303. The molecule has 0 aromatic heterocycles. The Morgan fingerprint density at radius 3 is 2.08 bits per heavy atom. The third-order valence-electron chi connectivity index (χ3n) is 2.26. The molecule has 0 saturated carbocycles. The van der Waals surface area contributed by atoms with Crippen molar-refractivity contribution in [3.05, 3.63) is 20.1 Å². The number of halogens is 4. The van der Waals surface area contributed by atoms with Gasteiger partial charge >= 0.3 is 0 Å². The Hall–Kier alpha value is 0.600. The second-order valence-corrected chi connectivity index (χ2v) is 4.70. The standard InChI is InChI=1S/C8H8Cl4O/c1-3-4(9)5(10)6(11)7(12)8(3,2)13/h3,13H,1-2H3. The van der Waals surface area contributed by atoms with Gasteiger partial charge in [0.1, 0.15) is 5.60 Å². The smallest absolute Gasteiger partial charge is 0.106 e. The first-order valence-corrected chi connectivity index (χ1v) is 5.15. The maximum atomic E-state index is 9.92. The minimum absolute atomic E-state index is 0.122. The molecule has 74 valence electrons. The lowest BCUT2D eigenvalue weighted by Gasteiger charge is -2.34. The summed E-state index contributed by atoms with van der Waals surface area (Å²) < 4.78 is 0. The van der Waals surface area contributed by atoms with Crippen molar-refractivity contribution in [2.24, 2.45) is 5.92 Å². The fraction of sp³-hybridized carbons (Fsp3) is 0.500. The van der Waals surface area contributed by atoms with E-state index in [0.717, 1.165) is 0 Å². The van der Waals surface area contributed by atoms with Crippen LogP contribution >= 0.6 is 46.4 Å². The Morgan fingerprint density at radius 2 is 1.62 bits per heavy atom. The van der Waals surface area contributed by atoms with Gasteiger partial charge in [-0.2, -0.15) is 0 Å². The fourth-order valence-corrected chi connectivity index (χ4v) is 2.26. The van der Waals surface area contributed by atoms with E-state index in [1.807, 2.05) is 0 Å². The van der Waals surface area contributed by atoms with Gasteiger partial charge in [0.15, 0.2) is 0 Å². The van der Waals surface area contributed by atoms with E-state index in [4.69, 9.17) is 46.4 Å². The van der Waals surface area contributed by atoms with Gasteiger partial charge in [0.25, 0.3) is 0 Å². The van der Waals surface area contributed by atoms with Crippen LogP contribution in [0.15, 0.2) is 20.1 Å². The van der Waals surface area contributed by atoms with Crippen LogP contribution in [0.4, 0.5) is 0 Å². The second-order valence-electron chi connectivity index (χ2n) is 3.16. The number of allylic oxidation sites excluding steroid dienone is 2. The van der Waals surface area contributed by atoms with Crippen LogP contribution in [0.5, 0.6) is 0 Å². The highest BCUT2D eigenvalue weighted by atomic mass is 35.5. The Balaban J connectivity index is 3.32. The maximum absolute atomic E-state index is 9.92. The zero-order valence-electron chi connectivity index (χ0n) is 7.04. The number of hydrogen-bond acceptors (Lipinski definition) is 1. The SMILES string of the molecule is CC1C(Cl)=C(Cl)C(Cl)=C(Cl)C1(C)O. The molecule has 13 heavy (non-hydrogen) atoms. The second kappa shape index (κ2) is 3.63. The van der Waals surface area contributed by atoms with E-state index in [-0.39, 0.29) is 21.0 Å². The van der Waals surface area contributed by atoms with Crippen LogP contribution in [-0.4, -0.2) is 10.7 Å². The molecule has 0 fully saturated rings. The Labute approximate surface area is 96.9 Å². The molecular formula is C8H8Cl4O. The third kappa shape index (κ3) is 1.73. The van der Waals surface area contributed by atoms with Crippen molar-refractivity contribution >= 4 is 46.4 Å². The Kier molecular flexibility index (Phi) is 3.26.